The Balaban J connectivity index is 1.36. The number of hydrazone groups is 1. The highest BCUT2D eigenvalue weighted by Gasteiger charge is 2.34. The maximum Gasteiger partial charge on any atom is 0.281 e. The lowest BCUT2D eigenvalue weighted by Crippen LogP contribution is -2.48. The number of anilines is 1. The third kappa shape index (κ3) is 6.06. The van der Waals surface area contributed by atoms with E-state index in [1.807, 2.05) is 117 Å². The molecule has 1 saturated heterocycles. The summed E-state index contributed by atoms with van der Waals surface area (Å²) in [6.07, 6.45) is 3.23. The summed E-state index contributed by atoms with van der Waals surface area (Å²) in [7, 11) is -3.81. The number of sulfonamides is 1. The van der Waals surface area contributed by atoms with Crippen LogP contribution in [0.5, 0.6) is 0 Å². The smallest absolute Gasteiger partial charge is 0.281 e. The fourth-order valence-electron chi connectivity index (χ4n) is 5.96. The molecule has 4 aromatic carbocycles. The molecule has 1 aromatic heterocycles. The predicted molar refractivity (Wildman–Crippen MR) is 183 cm³/mol. The number of nitrogens with zero attached hydrogens (tertiary/aromatic N) is 5. The lowest BCUT2D eigenvalue weighted by molar-refractivity contribution is -0.114. The van der Waals surface area contributed by atoms with Gasteiger partial charge in [-0.25, -0.2) is 13.1 Å². The largest absolute Gasteiger partial charge is 0.373 e. The molecule has 7 rings (SSSR count). The van der Waals surface area contributed by atoms with Crippen LogP contribution in [0.3, 0.4) is 0 Å². The highest BCUT2D eigenvalue weighted by molar-refractivity contribution is 7.89. The van der Waals surface area contributed by atoms with Crippen molar-refractivity contribution in [3.8, 4) is 16.9 Å². The Kier molecular flexibility index (Phi) is 8.15. The summed E-state index contributed by atoms with van der Waals surface area (Å²) in [6, 6.07) is 35.3. The monoisotopic (exact) mass is 643 g/mol. The van der Waals surface area contributed by atoms with Gasteiger partial charge in [-0.1, -0.05) is 78.9 Å². The van der Waals surface area contributed by atoms with Crippen LogP contribution in [0.15, 0.2) is 137 Å². The Morgan fingerprint density at radius 2 is 1.36 bits per heavy atom. The maximum absolute atomic E-state index is 14.1. The van der Waals surface area contributed by atoms with Crippen molar-refractivity contribution in [2.24, 2.45) is 5.10 Å². The zero-order chi connectivity index (χ0) is 32.5. The van der Waals surface area contributed by atoms with E-state index in [1.54, 1.807) is 29.0 Å². The predicted octanol–water partition coefficient (Wildman–Crippen LogP) is 6.17. The summed E-state index contributed by atoms with van der Waals surface area (Å²) in [6.45, 7) is 4.30. The minimum atomic E-state index is -3.81. The Bertz CT molecular complexity index is 2080. The van der Waals surface area contributed by atoms with Crippen LogP contribution in [0, 0.1) is 0 Å². The number of hydrogen-bond donors (Lipinski definition) is 0. The first-order valence-corrected chi connectivity index (χ1v) is 16.9. The van der Waals surface area contributed by atoms with Crippen molar-refractivity contribution in [2.45, 2.75) is 31.0 Å². The summed E-state index contributed by atoms with van der Waals surface area (Å²) in [5, 5.41) is 11.1. The van der Waals surface area contributed by atoms with Crippen molar-refractivity contribution in [3.63, 3.8) is 0 Å². The normalized spacial score (nSPS) is 19.7. The molecule has 236 valence electrons. The van der Waals surface area contributed by atoms with Crippen molar-refractivity contribution < 1.29 is 17.9 Å². The number of carbonyl (C=O) groups excluding carboxylic acids is 1. The van der Waals surface area contributed by atoms with Crippen LogP contribution in [-0.4, -0.2) is 59.4 Å². The van der Waals surface area contributed by atoms with Gasteiger partial charge in [0.2, 0.25) is 10.0 Å². The van der Waals surface area contributed by atoms with Crippen LogP contribution < -0.4 is 5.01 Å². The van der Waals surface area contributed by atoms with Gasteiger partial charge in [0.1, 0.15) is 11.4 Å². The van der Waals surface area contributed by atoms with E-state index in [9.17, 15) is 13.2 Å². The summed E-state index contributed by atoms with van der Waals surface area (Å²) in [4.78, 5) is 14.2. The standard InChI is InChI=1S/C37H33N5O4S/c1-26-23-40(24-27(2)46-26)47(44,45)33-20-12-15-29(21-33)35-30(25-41(38-35)31-16-8-4-9-17-31)22-34-36(28-13-6-3-7-14-28)39-42(37(34)43)32-18-10-5-11-19-32/h3-22,25-27H,23-24H2,1-2H3. The SMILES string of the molecule is CC1CN(S(=O)(=O)c2cccc(-c3nn(-c4ccccc4)cc3C=C3C(=O)N(c4ccccc4)N=C3c3ccccc3)c2)CC(C)O1. The lowest BCUT2D eigenvalue weighted by Gasteiger charge is -2.34. The minimum Gasteiger partial charge on any atom is -0.373 e. The minimum absolute atomic E-state index is 0.169. The molecular weight excluding hydrogens is 611 g/mol. The molecule has 0 aliphatic carbocycles. The number of hydrogen-bond acceptors (Lipinski definition) is 6. The second-order valence-electron chi connectivity index (χ2n) is 11.6. The second kappa shape index (κ2) is 12.6. The van der Waals surface area contributed by atoms with Crippen LogP contribution in [0.4, 0.5) is 5.69 Å². The van der Waals surface area contributed by atoms with Crippen LogP contribution in [-0.2, 0) is 19.6 Å². The zero-order valence-corrected chi connectivity index (χ0v) is 26.8. The molecule has 2 aliphatic heterocycles. The van der Waals surface area contributed by atoms with Crippen LogP contribution in [0.25, 0.3) is 23.0 Å². The molecular formula is C37H33N5O4S. The van der Waals surface area contributed by atoms with Crippen LogP contribution in [0.2, 0.25) is 0 Å². The van der Waals surface area contributed by atoms with Gasteiger partial charge in [-0.3, -0.25) is 4.79 Å². The van der Waals surface area contributed by atoms with Crippen molar-refractivity contribution in [2.75, 3.05) is 18.1 Å². The first-order valence-electron chi connectivity index (χ1n) is 15.4. The molecule has 9 nitrogen and oxygen atoms in total. The number of benzene rings is 4. The van der Waals surface area contributed by atoms with Gasteiger partial charge in [-0.05, 0) is 56.3 Å². The fourth-order valence-corrected chi connectivity index (χ4v) is 7.60. The quantitative estimate of drug-likeness (QED) is 0.198. The van der Waals surface area contributed by atoms with Gasteiger partial charge in [0.15, 0.2) is 0 Å². The van der Waals surface area contributed by atoms with E-state index < -0.39 is 10.0 Å². The van der Waals surface area contributed by atoms with E-state index in [2.05, 4.69) is 0 Å². The fraction of sp³-hybridized carbons (Fsp3) is 0.162. The van der Waals surface area contributed by atoms with Crippen molar-refractivity contribution in [3.05, 3.63) is 138 Å². The third-order valence-electron chi connectivity index (χ3n) is 8.12. The number of morpholine rings is 1. The average Bonchev–Trinajstić information content (AvgIpc) is 3.67. The highest BCUT2D eigenvalue weighted by Crippen LogP contribution is 2.33. The average molecular weight is 644 g/mol. The molecule has 10 heteroatoms. The van der Waals surface area contributed by atoms with E-state index in [0.29, 0.717) is 33.8 Å². The third-order valence-corrected chi connectivity index (χ3v) is 9.95. The van der Waals surface area contributed by atoms with E-state index in [1.165, 1.54) is 9.31 Å². The summed E-state index contributed by atoms with van der Waals surface area (Å²) in [5.74, 6) is -0.277. The van der Waals surface area contributed by atoms with Crippen molar-refractivity contribution in [1.82, 2.24) is 14.1 Å². The van der Waals surface area contributed by atoms with Gasteiger partial charge >= 0.3 is 0 Å². The molecule has 0 spiro atoms. The highest BCUT2D eigenvalue weighted by atomic mass is 32.2. The number of para-hydroxylation sites is 2. The molecule has 0 N–H and O–H groups in total. The van der Waals surface area contributed by atoms with Crippen LogP contribution in [0.1, 0.15) is 25.0 Å². The van der Waals surface area contributed by atoms with E-state index >= 15 is 0 Å². The Hall–Kier alpha value is -5.16. The molecule has 0 saturated carbocycles. The van der Waals surface area contributed by atoms with Gasteiger partial charge in [-0.15, -0.1) is 0 Å². The molecule has 2 aliphatic rings. The number of ether oxygens (including phenoxy) is 1. The molecule has 1 amide bonds. The Morgan fingerprint density at radius 1 is 0.766 bits per heavy atom. The topological polar surface area (TPSA) is 97.1 Å². The molecule has 0 radical (unpaired) electrons. The van der Waals surface area contributed by atoms with Gasteiger partial charge < -0.3 is 4.74 Å². The maximum atomic E-state index is 14.1. The Morgan fingerprint density at radius 3 is 2.02 bits per heavy atom. The molecule has 2 unspecified atom stereocenters. The molecule has 5 aromatic rings. The summed E-state index contributed by atoms with van der Waals surface area (Å²) in [5.41, 5.74) is 4.96. The van der Waals surface area contributed by atoms with Crippen LogP contribution >= 0.6 is 0 Å². The second-order valence-corrected chi connectivity index (χ2v) is 13.6. The first kappa shape index (κ1) is 30.5. The van der Waals surface area contributed by atoms with Gasteiger partial charge in [0.05, 0.1) is 34.1 Å². The molecule has 2 atom stereocenters. The number of aromatic nitrogens is 2. The molecule has 3 heterocycles. The number of amides is 1. The number of rotatable bonds is 7. The lowest BCUT2D eigenvalue weighted by atomic mass is 9.99. The van der Waals surface area contributed by atoms with E-state index in [4.69, 9.17) is 14.9 Å². The molecule has 47 heavy (non-hydrogen) atoms. The van der Waals surface area contributed by atoms with E-state index in [0.717, 1.165) is 11.3 Å². The van der Waals surface area contributed by atoms with Crippen molar-refractivity contribution >= 4 is 33.4 Å². The van der Waals surface area contributed by atoms with Gasteiger partial charge in [0.25, 0.3) is 5.91 Å². The Labute approximate surface area is 274 Å². The molecule has 1 fully saturated rings. The van der Waals surface area contributed by atoms with E-state index in [-0.39, 0.29) is 36.1 Å². The first-order chi connectivity index (χ1) is 22.8. The molecule has 0 bridgehead atoms. The number of carbonyl (C=O) groups is 1. The van der Waals surface area contributed by atoms with Gasteiger partial charge in [-0.2, -0.15) is 19.5 Å². The summed E-state index contributed by atoms with van der Waals surface area (Å²) >= 11 is 0. The summed E-state index contributed by atoms with van der Waals surface area (Å²) < 4.78 is 36.7. The van der Waals surface area contributed by atoms with Gasteiger partial charge in [0, 0.05) is 36.0 Å². The van der Waals surface area contributed by atoms with Crippen molar-refractivity contribution in [1.29, 1.82) is 0 Å². The zero-order valence-electron chi connectivity index (χ0n) is 26.0.